The molecule has 0 aliphatic carbocycles. The van der Waals surface area contributed by atoms with Gasteiger partial charge in [0, 0.05) is 6.04 Å². The van der Waals surface area contributed by atoms with Gasteiger partial charge < -0.3 is 4.90 Å². The van der Waals surface area contributed by atoms with E-state index in [-0.39, 0.29) is 12.1 Å². The van der Waals surface area contributed by atoms with Crippen molar-refractivity contribution in [3.8, 4) is 0 Å². The number of rotatable bonds is 4. The monoisotopic (exact) mass is 260 g/mol. The van der Waals surface area contributed by atoms with Crippen molar-refractivity contribution in [2.24, 2.45) is 0 Å². The molecule has 1 amide bonds. The van der Waals surface area contributed by atoms with Crippen molar-refractivity contribution in [3.05, 3.63) is 34.9 Å². The lowest BCUT2D eigenvalue weighted by molar-refractivity contribution is -0.130. The Bertz CT molecular complexity index is 466. The molecule has 3 heteroatoms. The summed E-state index contributed by atoms with van der Waals surface area (Å²) in [5.74, 6) is 0.222. The molecule has 0 spiro atoms. The lowest BCUT2D eigenvalue weighted by Crippen LogP contribution is -2.39. The maximum Gasteiger partial charge on any atom is 0.238 e. The maximum atomic E-state index is 12.2. The van der Waals surface area contributed by atoms with Gasteiger partial charge in [-0.05, 0) is 37.8 Å². The van der Waals surface area contributed by atoms with Crippen LogP contribution in [0.4, 0.5) is 0 Å². The number of nitrogens with one attached hydrogen (secondary N) is 1. The van der Waals surface area contributed by atoms with Crippen LogP contribution in [0.3, 0.4) is 0 Å². The van der Waals surface area contributed by atoms with Crippen molar-refractivity contribution >= 4 is 5.91 Å². The molecule has 19 heavy (non-hydrogen) atoms. The third kappa shape index (κ3) is 2.66. The minimum Gasteiger partial charge on any atom is -0.319 e. The van der Waals surface area contributed by atoms with Gasteiger partial charge in [0.1, 0.15) is 6.17 Å². The Morgan fingerprint density at radius 1 is 1.32 bits per heavy atom. The number of hydrogen-bond donors (Lipinski definition) is 1. The normalized spacial score (nSPS) is 19.5. The molecule has 104 valence electrons. The van der Waals surface area contributed by atoms with Gasteiger partial charge in [-0.2, -0.15) is 0 Å². The molecule has 1 atom stereocenters. The van der Waals surface area contributed by atoms with Gasteiger partial charge >= 0.3 is 0 Å². The van der Waals surface area contributed by atoms with E-state index in [1.807, 2.05) is 4.90 Å². The number of benzene rings is 1. The van der Waals surface area contributed by atoms with Crippen LogP contribution in [0, 0.1) is 13.8 Å². The third-order valence-electron chi connectivity index (χ3n) is 4.08. The lowest BCUT2D eigenvalue weighted by atomic mass is 10.0. The molecule has 1 unspecified atom stereocenters. The molecule has 3 nitrogen and oxygen atoms in total. The van der Waals surface area contributed by atoms with Crippen LogP contribution in [0.1, 0.15) is 49.5 Å². The predicted molar refractivity (Wildman–Crippen MR) is 77.9 cm³/mol. The first kappa shape index (κ1) is 14.1. The fourth-order valence-electron chi connectivity index (χ4n) is 2.93. The van der Waals surface area contributed by atoms with E-state index < -0.39 is 0 Å². The number of carbonyl (C=O) groups is 1. The molecule has 0 bridgehead atoms. The number of aryl methyl sites for hydroxylation is 2. The van der Waals surface area contributed by atoms with Gasteiger partial charge in [-0.15, -0.1) is 0 Å². The van der Waals surface area contributed by atoms with Gasteiger partial charge in [0.25, 0.3) is 0 Å². The molecule has 0 saturated carbocycles. The van der Waals surface area contributed by atoms with Crippen molar-refractivity contribution in [1.29, 1.82) is 0 Å². The Morgan fingerprint density at radius 2 is 2.00 bits per heavy atom. The Labute approximate surface area is 116 Å². The predicted octanol–water partition coefficient (Wildman–Crippen LogP) is 2.92. The van der Waals surface area contributed by atoms with Gasteiger partial charge in [-0.3, -0.25) is 10.1 Å². The molecule has 1 aromatic rings. The second-order valence-corrected chi connectivity index (χ2v) is 5.41. The van der Waals surface area contributed by atoms with Crippen LogP contribution in [0.25, 0.3) is 0 Å². The van der Waals surface area contributed by atoms with Crippen LogP contribution < -0.4 is 5.32 Å². The van der Waals surface area contributed by atoms with Crippen LogP contribution in [-0.4, -0.2) is 23.4 Å². The fraction of sp³-hybridized carbons (Fsp3) is 0.562. The highest BCUT2D eigenvalue weighted by atomic mass is 16.2. The van der Waals surface area contributed by atoms with E-state index in [2.05, 4.69) is 51.2 Å². The molecule has 0 aromatic heterocycles. The standard InChI is InChI=1S/C16H24N2O/c1-5-13(6-2)18-15(19)10-17-16(18)14-9-11(3)7-8-12(14)4/h7-9,13,16-17H,5-6,10H2,1-4H3. The average Bonchev–Trinajstić information content (AvgIpc) is 2.77. The van der Waals surface area contributed by atoms with Crippen molar-refractivity contribution in [1.82, 2.24) is 10.2 Å². The SMILES string of the molecule is CCC(CC)N1C(=O)CNC1c1cc(C)ccc1C. The number of carbonyl (C=O) groups excluding carboxylic acids is 1. The van der Waals surface area contributed by atoms with Crippen LogP contribution in [0.2, 0.25) is 0 Å². The Balaban J connectivity index is 2.37. The Morgan fingerprint density at radius 3 is 2.63 bits per heavy atom. The largest absolute Gasteiger partial charge is 0.319 e. The quantitative estimate of drug-likeness (QED) is 0.902. The smallest absolute Gasteiger partial charge is 0.238 e. The number of amides is 1. The van der Waals surface area contributed by atoms with E-state index in [4.69, 9.17) is 0 Å². The molecule has 1 heterocycles. The summed E-state index contributed by atoms with van der Waals surface area (Å²) in [5.41, 5.74) is 3.72. The van der Waals surface area contributed by atoms with Crippen LogP contribution in [0.5, 0.6) is 0 Å². The summed E-state index contributed by atoms with van der Waals surface area (Å²) in [6, 6.07) is 6.78. The van der Waals surface area contributed by atoms with E-state index in [9.17, 15) is 4.79 Å². The molecule has 1 aliphatic heterocycles. The zero-order chi connectivity index (χ0) is 14.0. The maximum absolute atomic E-state index is 12.2. The second-order valence-electron chi connectivity index (χ2n) is 5.41. The first-order valence-corrected chi connectivity index (χ1v) is 7.20. The average molecular weight is 260 g/mol. The van der Waals surface area contributed by atoms with E-state index in [0.29, 0.717) is 12.6 Å². The zero-order valence-corrected chi connectivity index (χ0v) is 12.4. The van der Waals surface area contributed by atoms with E-state index >= 15 is 0 Å². The number of hydrogen-bond acceptors (Lipinski definition) is 2. The van der Waals surface area contributed by atoms with E-state index in [1.54, 1.807) is 0 Å². The summed E-state index contributed by atoms with van der Waals surface area (Å²) in [5, 5.41) is 3.37. The van der Waals surface area contributed by atoms with Crippen LogP contribution in [-0.2, 0) is 4.79 Å². The molecule has 1 N–H and O–H groups in total. The van der Waals surface area contributed by atoms with Crippen molar-refractivity contribution in [2.75, 3.05) is 6.54 Å². The molecule has 1 saturated heterocycles. The highest BCUT2D eigenvalue weighted by Gasteiger charge is 2.35. The summed E-state index contributed by atoms with van der Waals surface area (Å²) < 4.78 is 0. The van der Waals surface area contributed by atoms with Crippen molar-refractivity contribution in [2.45, 2.75) is 52.7 Å². The molecule has 1 aromatic carbocycles. The van der Waals surface area contributed by atoms with Gasteiger partial charge in [0.05, 0.1) is 6.54 Å². The second kappa shape index (κ2) is 5.74. The summed E-state index contributed by atoms with van der Waals surface area (Å²) in [4.78, 5) is 14.2. The fourth-order valence-corrected chi connectivity index (χ4v) is 2.93. The van der Waals surface area contributed by atoms with Crippen molar-refractivity contribution < 1.29 is 4.79 Å². The summed E-state index contributed by atoms with van der Waals surface area (Å²) in [6.07, 6.45) is 2.05. The molecule has 2 rings (SSSR count). The lowest BCUT2D eigenvalue weighted by Gasteiger charge is -2.32. The Hall–Kier alpha value is -1.35. The first-order chi connectivity index (χ1) is 9.08. The molecule has 0 radical (unpaired) electrons. The highest BCUT2D eigenvalue weighted by molar-refractivity contribution is 5.81. The third-order valence-corrected chi connectivity index (χ3v) is 4.08. The summed E-state index contributed by atoms with van der Waals surface area (Å²) >= 11 is 0. The van der Waals surface area contributed by atoms with E-state index in [0.717, 1.165) is 12.8 Å². The topological polar surface area (TPSA) is 32.3 Å². The zero-order valence-electron chi connectivity index (χ0n) is 12.4. The van der Waals surface area contributed by atoms with Gasteiger partial charge in [-0.1, -0.05) is 37.6 Å². The van der Waals surface area contributed by atoms with Crippen LogP contribution in [0.15, 0.2) is 18.2 Å². The Kier molecular flexibility index (Phi) is 4.25. The molecular formula is C16H24N2O. The van der Waals surface area contributed by atoms with E-state index in [1.165, 1.54) is 16.7 Å². The van der Waals surface area contributed by atoms with Gasteiger partial charge in [0.15, 0.2) is 0 Å². The molecule has 1 aliphatic rings. The first-order valence-electron chi connectivity index (χ1n) is 7.20. The minimum absolute atomic E-state index is 0.0392. The summed E-state index contributed by atoms with van der Waals surface area (Å²) in [6.45, 7) is 8.97. The van der Waals surface area contributed by atoms with Gasteiger partial charge in [0.2, 0.25) is 5.91 Å². The highest BCUT2D eigenvalue weighted by Crippen LogP contribution is 2.29. The minimum atomic E-state index is 0.0392. The summed E-state index contributed by atoms with van der Waals surface area (Å²) in [7, 11) is 0. The van der Waals surface area contributed by atoms with Crippen molar-refractivity contribution in [3.63, 3.8) is 0 Å². The molecule has 1 fully saturated rings. The molecular weight excluding hydrogens is 236 g/mol. The number of nitrogens with zero attached hydrogens (tertiary/aromatic N) is 1. The van der Waals surface area contributed by atoms with Crippen LogP contribution >= 0.6 is 0 Å². The van der Waals surface area contributed by atoms with Gasteiger partial charge in [-0.25, -0.2) is 0 Å².